The lowest BCUT2D eigenvalue weighted by atomic mass is 10.1. The number of unbranched alkanes of at least 4 members (excludes halogenated alkanes) is 2. The molecule has 0 aliphatic rings. The smallest absolute Gasteiger partial charge is 0.319 e. The van der Waals surface area contributed by atoms with Gasteiger partial charge in [-0.15, -0.1) is 0 Å². The van der Waals surface area contributed by atoms with Crippen LogP contribution in [0.5, 0.6) is 0 Å². The standard InChI is InChI=1S/C13H22N4O/c1-3-5-7-10-9-11(8-6-4-2)16-13(15-10)17-12(14)18/h9H,3-8H2,1-2H3,(H3,14,15,16,17,18). The van der Waals surface area contributed by atoms with E-state index in [1.54, 1.807) is 0 Å². The molecule has 0 fully saturated rings. The van der Waals surface area contributed by atoms with Gasteiger partial charge in [0.2, 0.25) is 5.95 Å². The Balaban J connectivity index is 2.84. The number of nitrogens with zero attached hydrogens (tertiary/aromatic N) is 2. The minimum atomic E-state index is -0.621. The summed E-state index contributed by atoms with van der Waals surface area (Å²) in [5, 5.41) is 2.46. The molecule has 5 nitrogen and oxygen atoms in total. The van der Waals surface area contributed by atoms with Crippen LogP contribution in [-0.4, -0.2) is 16.0 Å². The third-order valence-corrected chi connectivity index (χ3v) is 2.64. The van der Waals surface area contributed by atoms with E-state index in [2.05, 4.69) is 29.1 Å². The summed E-state index contributed by atoms with van der Waals surface area (Å²) in [6.45, 7) is 4.28. The lowest BCUT2D eigenvalue weighted by Gasteiger charge is -2.07. The SMILES string of the molecule is CCCCc1cc(CCCC)nc(NC(N)=O)n1. The van der Waals surface area contributed by atoms with Crippen LogP contribution in [0.15, 0.2) is 6.07 Å². The van der Waals surface area contributed by atoms with Crippen LogP contribution >= 0.6 is 0 Å². The molecule has 0 saturated heterocycles. The van der Waals surface area contributed by atoms with Gasteiger partial charge in [-0.3, -0.25) is 5.32 Å². The van der Waals surface area contributed by atoms with E-state index in [4.69, 9.17) is 5.73 Å². The van der Waals surface area contributed by atoms with E-state index in [1.807, 2.05) is 6.07 Å². The highest BCUT2D eigenvalue weighted by Gasteiger charge is 2.06. The molecule has 1 rings (SSSR count). The molecule has 0 aliphatic carbocycles. The highest BCUT2D eigenvalue weighted by Crippen LogP contribution is 2.11. The Bertz CT molecular complexity index is 366. The Labute approximate surface area is 108 Å². The third kappa shape index (κ3) is 5.12. The summed E-state index contributed by atoms with van der Waals surface area (Å²) in [7, 11) is 0. The first-order chi connectivity index (χ1) is 8.65. The fraction of sp³-hybridized carbons (Fsp3) is 0.615. The van der Waals surface area contributed by atoms with Crippen molar-refractivity contribution in [2.24, 2.45) is 5.73 Å². The van der Waals surface area contributed by atoms with Crippen molar-refractivity contribution in [3.8, 4) is 0 Å². The van der Waals surface area contributed by atoms with E-state index < -0.39 is 6.03 Å². The Morgan fingerprint density at radius 1 is 1.17 bits per heavy atom. The molecule has 0 saturated carbocycles. The van der Waals surface area contributed by atoms with Gasteiger partial charge in [0, 0.05) is 11.4 Å². The normalized spacial score (nSPS) is 10.3. The summed E-state index contributed by atoms with van der Waals surface area (Å²) in [6.07, 6.45) is 6.22. The zero-order valence-electron chi connectivity index (χ0n) is 11.2. The van der Waals surface area contributed by atoms with Gasteiger partial charge in [-0.05, 0) is 31.7 Å². The first-order valence-electron chi connectivity index (χ1n) is 6.59. The molecular weight excluding hydrogens is 228 g/mol. The molecule has 1 aromatic heterocycles. The Kier molecular flexibility index (Phi) is 6.11. The van der Waals surface area contributed by atoms with Crippen LogP contribution < -0.4 is 11.1 Å². The summed E-state index contributed by atoms with van der Waals surface area (Å²) in [5.41, 5.74) is 7.04. The van der Waals surface area contributed by atoms with E-state index in [0.717, 1.165) is 49.9 Å². The zero-order chi connectivity index (χ0) is 13.4. The molecule has 1 heterocycles. The number of hydrogen-bond acceptors (Lipinski definition) is 3. The number of carbonyl (C=O) groups excluding carboxylic acids is 1. The predicted octanol–water partition coefficient (Wildman–Crippen LogP) is 2.65. The van der Waals surface area contributed by atoms with Crippen molar-refractivity contribution in [3.63, 3.8) is 0 Å². The van der Waals surface area contributed by atoms with Crippen molar-refractivity contribution in [1.82, 2.24) is 9.97 Å². The predicted molar refractivity (Wildman–Crippen MR) is 72.5 cm³/mol. The molecule has 0 bridgehead atoms. The lowest BCUT2D eigenvalue weighted by molar-refractivity contribution is 0.259. The average molecular weight is 250 g/mol. The van der Waals surface area contributed by atoms with Crippen LogP contribution in [0, 0.1) is 0 Å². The van der Waals surface area contributed by atoms with Crippen LogP contribution in [0.1, 0.15) is 50.9 Å². The molecule has 18 heavy (non-hydrogen) atoms. The highest BCUT2D eigenvalue weighted by molar-refractivity contribution is 5.85. The van der Waals surface area contributed by atoms with Crippen LogP contribution in [0.25, 0.3) is 0 Å². The van der Waals surface area contributed by atoms with Crippen molar-refractivity contribution in [3.05, 3.63) is 17.5 Å². The van der Waals surface area contributed by atoms with Gasteiger partial charge in [0.25, 0.3) is 0 Å². The Hall–Kier alpha value is -1.65. The number of nitrogens with one attached hydrogen (secondary N) is 1. The second kappa shape index (κ2) is 7.63. The molecule has 1 aromatic rings. The quantitative estimate of drug-likeness (QED) is 0.780. The molecule has 0 unspecified atom stereocenters. The number of urea groups is 1. The highest BCUT2D eigenvalue weighted by atomic mass is 16.2. The van der Waals surface area contributed by atoms with E-state index in [0.29, 0.717) is 5.95 Å². The number of primary amides is 1. The third-order valence-electron chi connectivity index (χ3n) is 2.64. The summed E-state index contributed by atoms with van der Waals surface area (Å²) in [5.74, 6) is 0.321. The van der Waals surface area contributed by atoms with Crippen LogP contribution in [0.3, 0.4) is 0 Å². The minimum Gasteiger partial charge on any atom is -0.351 e. The molecule has 2 amide bonds. The number of amides is 2. The Morgan fingerprint density at radius 2 is 1.67 bits per heavy atom. The maximum Gasteiger partial charge on any atom is 0.319 e. The van der Waals surface area contributed by atoms with Crippen molar-refractivity contribution < 1.29 is 4.79 Å². The Morgan fingerprint density at radius 3 is 2.06 bits per heavy atom. The molecule has 5 heteroatoms. The summed E-state index contributed by atoms with van der Waals surface area (Å²) >= 11 is 0. The van der Waals surface area contributed by atoms with Crippen LogP contribution in [0.4, 0.5) is 10.7 Å². The van der Waals surface area contributed by atoms with E-state index in [-0.39, 0.29) is 0 Å². The minimum absolute atomic E-state index is 0.321. The first kappa shape index (κ1) is 14.4. The zero-order valence-corrected chi connectivity index (χ0v) is 11.2. The maximum atomic E-state index is 10.9. The van der Waals surface area contributed by atoms with Gasteiger partial charge in [-0.1, -0.05) is 26.7 Å². The largest absolute Gasteiger partial charge is 0.351 e. The van der Waals surface area contributed by atoms with Gasteiger partial charge >= 0.3 is 6.03 Å². The van der Waals surface area contributed by atoms with Crippen LogP contribution in [0.2, 0.25) is 0 Å². The topological polar surface area (TPSA) is 80.9 Å². The summed E-state index contributed by atoms with van der Waals surface area (Å²) < 4.78 is 0. The number of aromatic nitrogens is 2. The molecule has 0 radical (unpaired) electrons. The average Bonchev–Trinajstić information content (AvgIpc) is 2.33. The fourth-order valence-corrected chi connectivity index (χ4v) is 1.69. The second-order valence-corrected chi connectivity index (χ2v) is 4.37. The van der Waals surface area contributed by atoms with Crippen molar-refractivity contribution >= 4 is 12.0 Å². The van der Waals surface area contributed by atoms with Crippen molar-refractivity contribution in [2.75, 3.05) is 5.32 Å². The van der Waals surface area contributed by atoms with Gasteiger partial charge in [-0.25, -0.2) is 14.8 Å². The van der Waals surface area contributed by atoms with Crippen molar-refractivity contribution in [2.45, 2.75) is 52.4 Å². The van der Waals surface area contributed by atoms with Gasteiger partial charge < -0.3 is 5.73 Å². The number of rotatable bonds is 7. The van der Waals surface area contributed by atoms with Gasteiger partial charge in [-0.2, -0.15) is 0 Å². The maximum absolute atomic E-state index is 10.9. The lowest BCUT2D eigenvalue weighted by Crippen LogP contribution is -2.21. The van der Waals surface area contributed by atoms with E-state index in [1.165, 1.54) is 0 Å². The summed E-state index contributed by atoms with van der Waals surface area (Å²) in [4.78, 5) is 19.4. The van der Waals surface area contributed by atoms with Gasteiger partial charge in [0.15, 0.2) is 0 Å². The molecule has 100 valence electrons. The molecular formula is C13H22N4O. The van der Waals surface area contributed by atoms with Gasteiger partial charge in [0.1, 0.15) is 0 Å². The number of hydrogen-bond donors (Lipinski definition) is 2. The molecule has 3 N–H and O–H groups in total. The van der Waals surface area contributed by atoms with Crippen molar-refractivity contribution in [1.29, 1.82) is 0 Å². The number of nitrogens with two attached hydrogens (primary N) is 1. The number of aryl methyl sites for hydroxylation is 2. The van der Waals surface area contributed by atoms with Crippen LogP contribution in [-0.2, 0) is 12.8 Å². The molecule has 0 atom stereocenters. The number of anilines is 1. The second-order valence-electron chi connectivity index (χ2n) is 4.37. The molecule has 0 spiro atoms. The molecule has 0 aromatic carbocycles. The molecule has 0 aliphatic heterocycles. The fourth-order valence-electron chi connectivity index (χ4n) is 1.69. The first-order valence-corrected chi connectivity index (χ1v) is 6.59. The number of carbonyl (C=O) groups is 1. The van der Waals surface area contributed by atoms with E-state index >= 15 is 0 Å². The van der Waals surface area contributed by atoms with E-state index in [9.17, 15) is 4.79 Å². The summed E-state index contributed by atoms with van der Waals surface area (Å²) in [6, 6.07) is 1.40. The van der Waals surface area contributed by atoms with Gasteiger partial charge in [0.05, 0.1) is 0 Å². The monoisotopic (exact) mass is 250 g/mol.